The second-order valence-corrected chi connectivity index (χ2v) is 5.83. The second kappa shape index (κ2) is 3.82. The van der Waals surface area contributed by atoms with Crippen molar-refractivity contribution in [3.05, 3.63) is 23.2 Å². The highest BCUT2D eigenvalue weighted by molar-refractivity contribution is 7.71. The van der Waals surface area contributed by atoms with Crippen LogP contribution in [0.5, 0.6) is 0 Å². The van der Waals surface area contributed by atoms with Crippen molar-refractivity contribution in [2.75, 3.05) is 0 Å². The zero-order valence-electron chi connectivity index (χ0n) is 10.0. The molecule has 18 heavy (non-hydrogen) atoms. The summed E-state index contributed by atoms with van der Waals surface area (Å²) >= 11 is 5.40. The molecule has 0 amide bonds. The largest absolute Gasteiger partial charge is 0.461 e. The summed E-state index contributed by atoms with van der Waals surface area (Å²) < 4.78 is 8.36. The summed E-state index contributed by atoms with van der Waals surface area (Å²) in [6, 6.07) is 4.34. The number of aromatic nitrogens is 3. The highest BCUT2D eigenvalue weighted by atomic mass is 32.1. The number of aromatic amines is 1. The summed E-state index contributed by atoms with van der Waals surface area (Å²) in [6.45, 7) is 0. The lowest BCUT2D eigenvalue weighted by Crippen LogP contribution is -2.17. The molecule has 3 unspecified atom stereocenters. The van der Waals surface area contributed by atoms with E-state index in [9.17, 15) is 0 Å². The van der Waals surface area contributed by atoms with E-state index in [1.54, 1.807) is 6.26 Å². The topological polar surface area (TPSA) is 46.8 Å². The fraction of sp³-hybridized carbons (Fsp3) is 0.538. The third kappa shape index (κ3) is 1.43. The fourth-order valence-electron chi connectivity index (χ4n) is 3.72. The van der Waals surface area contributed by atoms with Crippen molar-refractivity contribution in [3.63, 3.8) is 0 Å². The van der Waals surface area contributed by atoms with Crippen LogP contribution < -0.4 is 0 Å². The Morgan fingerprint density at radius 2 is 2.33 bits per heavy atom. The van der Waals surface area contributed by atoms with Crippen LogP contribution in [0.4, 0.5) is 0 Å². The van der Waals surface area contributed by atoms with Crippen LogP contribution in [0.3, 0.4) is 0 Å². The SMILES string of the molecule is S=c1[nH]nc(-c2ccco2)n1C1CC2CCC1C2. The molecule has 0 saturated heterocycles. The average Bonchev–Trinajstić information content (AvgIpc) is 3.12. The van der Waals surface area contributed by atoms with Crippen molar-refractivity contribution < 1.29 is 4.42 Å². The van der Waals surface area contributed by atoms with Gasteiger partial charge in [-0.05, 0) is 55.4 Å². The number of nitrogens with one attached hydrogen (secondary N) is 1. The quantitative estimate of drug-likeness (QED) is 0.841. The van der Waals surface area contributed by atoms with E-state index in [2.05, 4.69) is 14.8 Å². The van der Waals surface area contributed by atoms with Gasteiger partial charge in [0.1, 0.15) is 0 Å². The number of hydrogen-bond acceptors (Lipinski definition) is 3. The van der Waals surface area contributed by atoms with E-state index in [0.717, 1.165) is 28.2 Å². The molecule has 4 rings (SSSR count). The van der Waals surface area contributed by atoms with Crippen LogP contribution in [0.25, 0.3) is 11.6 Å². The Morgan fingerprint density at radius 1 is 1.39 bits per heavy atom. The maximum absolute atomic E-state index is 5.46. The fourth-order valence-corrected chi connectivity index (χ4v) is 3.99. The summed E-state index contributed by atoms with van der Waals surface area (Å²) in [5.74, 6) is 3.31. The van der Waals surface area contributed by atoms with Gasteiger partial charge in [0.2, 0.25) is 0 Å². The van der Waals surface area contributed by atoms with Gasteiger partial charge in [0.05, 0.1) is 6.26 Å². The molecule has 4 nitrogen and oxygen atoms in total. The zero-order valence-corrected chi connectivity index (χ0v) is 10.8. The minimum Gasteiger partial charge on any atom is -0.461 e. The maximum atomic E-state index is 5.46. The Kier molecular flexibility index (Phi) is 2.24. The predicted molar refractivity (Wildman–Crippen MR) is 69.6 cm³/mol. The first kappa shape index (κ1) is 10.6. The molecule has 3 atom stereocenters. The summed E-state index contributed by atoms with van der Waals surface area (Å²) in [5.41, 5.74) is 0. The Morgan fingerprint density at radius 3 is 3.00 bits per heavy atom. The Bertz CT molecular complexity index is 612. The molecule has 0 spiro atoms. The number of rotatable bonds is 2. The van der Waals surface area contributed by atoms with Crippen LogP contribution in [0.15, 0.2) is 22.8 Å². The number of fused-ring (bicyclic) bond motifs is 2. The van der Waals surface area contributed by atoms with E-state index in [1.165, 1.54) is 25.7 Å². The molecular formula is C13H15N3OS. The van der Waals surface area contributed by atoms with Gasteiger partial charge in [-0.25, -0.2) is 0 Å². The Labute approximate surface area is 110 Å². The first-order valence-electron chi connectivity index (χ1n) is 6.53. The van der Waals surface area contributed by atoms with Gasteiger partial charge < -0.3 is 4.42 Å². The average molecular weight is 261 g/mol. The molecule has 2 bridgehead atoms. The van der Waals surface area contributed by atoms with Gasteiger partial charge in [-0.15, -0.1) is 0 Å². The van der Waals surface area contributed by atoms with Crippen LogP contribution in [-0.4, -0.2) is 14.8 Å². The minimum atomic E-state index is 0.509. The summed E-state index contributed by atoms with van der Waals surface area (Å²) in [6.07, 6.45) is 7.00. The van der Waals surface area contributed by atoms with Crippen LogP contribution in [-0.2, 0) is 0 Å². The van der Waals surface area contributed by atoms with Crippen molar-refractivity contribution in [1.29, 1.82) is 0 Å². The molecule has 0 radical (unpaired) electrons. The summed E-state index contributed by atoms with van der Waals surface area (Å²) in [7, 11) is 0. The van der Waals surface area contributed by atoms with Crippen molar-refractivity contribution >= 4 is 12.2 Å². The minimum absolute atomic E-state index is 0.509. The lowest BCUT2D eigenvalue weighted by atomic mass is 9.95. The molecule has 5 heteroatoms. The number of H-pyrrole nitrogens is 1. The number of furan rings is 1. The molecule has 2 aliphatic rings. The van der Waals surface area contributed by atoms with Crippen LogP contribution in [0, 0.1) is 16.6 Å². The first-order valence-corrected chi connectivity index (χ1v) is 6.94. The highest BCUT2D eigenvalue weighted by Crippen LogP contribution is 2.51. The van der Waals surface area contributed by atoms with E-state index < -0.39 is 0 Å². The molecule has 2 heterocycles. The smallest absolute Gasteiger partial charge is 0.198 e. The molecular weight excluding hydrogens is 246 g/mol. The van der Waals surface area contributed by atoms with Gasteiger partial charge in [0.15, 0.2) is 16.4 Å². The Hall–Kier alpha value is -1.36. The summed E-state index contributed by atoms with van der Waals surface area (Å²) in [4.78, 5) is 0. The monoisotopic (exact) mass is 261 g/mol. The van der Waals surface area contributed by atoms with Gasteiger partial charge in [0.25, 0.3) is 0 Å². The zero-order chi connectivity index (χ0) is 12.1. The maximum Gasteiger partial charge on any atom is 0.198 e. The van der Waals surface area contributed by atoms with E-state index >= 15 is 0 Å². The van der Waals surface area contributed by atoms with E-state index in [4.69, 9.17) is 16.6 Å². The molecule has 2 fully saturated rings. The Balaban J connectivity index is 1.81. The van der Waals surface area contributed by atoms with Gasteiger partial charge in [-0.1, -0.05) is 6.42 Å². The lowest BCUT2D eigenvalue weighted by molar-refractivity contribution is 0.327. The van der Waals surface area contributed by atoms with Crippen LogP contribution in [0.2, 0.25) is 0 Å². The molecule has 2 aliphatic carbocycles. The molecule has 94 valence electrons. The van der Waals surface area contributed by atoms with Gasteiger partial charge >= 0.3 is 0 Å². The van der Waals surface area contributed by atoms with Crippen molar-refractivity contribution in [1.82, 2.24) is 14.8 Å². The lowest BCUT2D eigenvalue weighted by Gasteiger charge is -2.23. The molecule has 0 aliphatic heterocycles. The molecule has 2 aromatic heterocycles. The molecule has 2 aromatic rings. The van der Waals surface area contributed by atoms with Gasteiger partial charge in [0, 0.05) is 6.04 Å². The van der Waals surface area contributed by atoms with E-state index in [-0.39, 0.29) is 0 Å². The second-order valence-electron chi connectivity index (χ2n) is 5.44. The van der Waals surface area contributed by atoms with Crippen LogP contribution >= 0.6 is 12.2 Å². The van der Waals surface area contributed by atoms with Gasteiger partial charge in [-0.2, -0.15) is 5.10 Å². The van der Waals surface area contributed by atoms with E-state index in [0.29, 0.717) is 6.04 Å². The molecule has 0 aromatic carbocycles. The predicted octanol–water partition coefficient (Wildman–Crippen LogP) is 3.56. The van der Waals surface area contributed by atoms with Crippen molar-refractivity contribution in [3.8, 4) is 11.6 Å². The van der Waals surface area contributed by atoms with Crippen molar-refractivity contribution in [2.24, 2.45) is 11.8 Å². The molecule has 1 N–H and O–H groups in total. The van der Waals surface area contributed by atoms with Gasteiger partial charge in [-0.3, -0.25) is 9.67 Å². The standard InChI is InChI=1S/C13H15N3OS/c18-13-15-14-12(11-2-1-5-17-11)16(13)10-7-8-3-4-9(10)6-8/h1-2,5,8-10H,3-4,6-7H2,(H,15,18). The third-order valence-corrected chi connectivity index (χ3v) is 4.77. The normalized spacial score (nSPS) is 30.1. The number of hydrogen-bond donors (Lipinski definition) is 1. The van der Waals surface area contributed by atoms with Crippen LogP contribution in [0.1, 0.15) is 31.7 Å². The molecule has 2 saturated carbocycles. The summed E-state index contributed by atoms with van der Waals surface area (Å²) in [5, 5.41) is 7.26. The van der Waals surface area contributed by atoms with Crippen molar-refractivity contribution in [2.45, 2.75) is 31.7 Å². The van der Waals surface area contributed by atoms with E-state index in [1.807, 2.05) is 12.1 Å². The number of nitrogens with zero attached hydrogens (tertiary/aromatic N) is 2. The third-order valence-electron chi connectivity index (χ3n) is 4.48. The first-order chi connectivity index (χ1) is 8.83. The highest BCUT2D eigenvalue weighted by Gasteiger charge is 2.41.